The van der Waals surface area contributed by atoms with Crippen LogP contribution in [0.1, 0.15) is 16.5 Å². The first-order valence-corrected chi connectivity index (χ1v) is 6.79. The summed E-state index contributed by atoms with van der Waals surface area (Å²) in [5, 5.41) is 3.77. The molecule has 0 aliphatic rings. The molecule has 2 nitrogen and oxygen atoms in total. The second kappa shape index (κ2) is 5.57. The topological polar surface area (TPSA) is 38.0 Å². The van der Waals surface area contributed by atoms with Gasteiger partial charge in [0, 0.05) is 14.9 Å². The van der Waals surface area contributed by atoms with Crippen molar-refractivity contribution in [3.05, 3.63) is 55.2 Å². The van der Waals surface area contributed by atoms with E-state index in [1.165, 1.54) is 11.3 Å². The number of benzene rings is 1. The smallest absolute Gasteiger partial charge is 0.0832 e. The van der Waals surface area contributed by atoms with Crippen molar-refractivity contribution in [1.29, 1.82) is 0 Å². The minimum atomic E-state index is -0.256. The maximum Gasteiger partial charge on any atom is 0.0832 e. The quantitative estimate of drug-likeness (QED) is 0.657. The minimum Gasteiger partial charge on any atom is -0.271 e. The third-order valence-corrected chi connectivity index (χ3v) is 4.35. The molecule has 0 bridgehead atoms. The summed E-state index contributed by atoms with van der Waals surface area (Å²) in [4.78, 5) is 0.915. The fourth-order valence-electron chi connectivity index (χ4n) is 1.55. The normalized spacial score (nSPS) is 12.7. The fourth-order valence-corrected chi connectivity index (χ4v) is 3.20. The van der Waals surface area contributed by atoms with Crippen LogP contribution in [0.3, 0.4) is 0 Å². The van der Waals surface area contributed by atoms with Gasteiger partial charge in [0.2, 0.25) is 0 Å². The van der Waals surface area contributed by atoms with E-state index < -0.39 is 0 Å². The maximum absolute atomic E-state index is 6.15. The molecular weight excluding hydrogens is 299 g/mol. The highest BCUT2D eigenvalue weighted by molar-refractivity contribution is 7.10. The summed E-state index contributed by atoms with van der Waals surface area (Å²) in [6.07, 6.45) is 0. The predicted molar refractivity (Wildman–Crippen MR) is 75.0 cm³/mol. The molecule has 1 atom stereocenters. The minimum absolute atomic E-state index is 0.256. The Kier molecular flexibility index (Phi) is 4.31. The molecular formula is C11H9Cl3N2S. The third kappa shape index (κ3) is 2.76. The van der Waals surface area contributed by atoms with Crippen molar-refractivity contribution in [3.63, 3.8) is 0 Å². The van der Waals surface area contributed by atoms with Crippen molar-refractivity contribution < 1.29 is 0 Å². The van der Waals surface area contributed by atoms with Gasteiger partial charge in [-0.25, -0.2) is 5.43 Å². The van der Waals surface area contributed by atoms with Crippen LogP contribution in [-0.2, 0) is 0 Å². The van der Waals surface area contributed by atoms with Gasteiger partial charge in [0.15, 0.2) is 0 Å². The zero-order chi connectivity index (χ0) is 12.4. The van der Waals surface area contributed by atoms with Gasteiger partial charge in [-0.1, -0.05) is 34.8 Å². The Balaban J connectivity index is 2.49. The average Bonchev–Trinajstić information content (AvgIpc) is 2.71. The van der Waals surface area contributed by atoms with E-state index in [2.05, 4.69) is 5.43 Å². The third-order valence-electron chi connectivity index (χ3n) is 2.34. The molecule has 17 heavy (non-hydrogen) atoms. The first kappa shape index (κ1) is 13.1. The molecule has 1 aromatic carbocycles. The Labute approximate surface area is 118 Å². The molecule has 0 radical (unpaired) electrons. The van der Waals surface area contributed by atoms with Crippen molar-refractivity contribution in [2.45, 2.75) is 6.04 Å². The van der Waals surface area contributed by atoms with Crippen LogP contribution in [-0.4, -0.2) is 0 Å². The molecule has 0 aliphatic carbocycles. The van der Waals surface area contributed by atoms with Crippen molar-refractivity contribution >= 4 is 46.1 Å². The van der Waals surface area contributed by atoms with Gasteiger partial charge in [-0.15, -0.1) is 11.3 Å². The number of hydrogen-bond acceptors (Lipinski definition) is 3. The molecule has 6 heteroatoms. The molecule has 0 aliphatic heterocycles. The van der Waals surface area contributed by atoms with E-state index in [9.17, 15) is 0 Å². The zero-order valence-electron chi connectivity index (χ0n) is 8.58. The fraction of sp³-hybridized carbons (Fsp3) is 0.0909. The van der Waals surface area contributed by atoms with Crippen LogP contribution in [0, 0.1) is 0 Å². The number of thiophene rings is 1. The molecule has 3 N–H and O–H groups in total. The molecule has 0 saturated heterocycles. The largest absolute Gasteiger partial charge is 0.271 e. The van der Waals surface area contributed by atoms with E-state index in [1.807, 2.05) is 11.4 Å². The number of rotatable bonds is 3. The zero-order valence-corrected chi connectivity index (χ0v) is 11.7. The molecule has 0 spiro atoms. The molecule has 0 amide bonds. The lowest BCUT2D eigenvalue weighted by atomic mass is 10.1. The van der Waals surface area contributed by atoms with E-state index in [1.54, 1.807) is 18.2 Å². The van der Waals surface area contributed by atoms with Crippen LogP contribution >= 0.6 is 46.1 Å². The Morgan fingerprint density at radius 2 is 1.88 bits per heavy atom. The Bertz CT molecular complexity index is 527. The molecule has 2 rings (SSSR count). The van der Waals surface area contributed by atoms with Gasteiger partial charge in [-0.2, -0.15) is 0 Å². The van der Waals surface area contributed by atoms with Gasteiger partial charge >= 0.3 is 0 Å². The number of nitrogens with one attached hydrogen (secondary N) is 1. The van der Waals surface area contributed by atoms with Crippen molar-refractivity contribution in [3.8, 4) is 0 Å². The number of hydrazine groups is 1. The van der Waals surface area contributed by atoms with E-state index in [0.29, 0.717) is 15.1 Å². The SMILES string of the molecule is NNC(c1cc(Cl)ccc1Cl)c1sccc1Cl. The summed E-state index contributed by atoms with van der Waals surface area (Å²) < 4.78 is 0. The Hall–Kier alpha value is -0.290. The van der Waals surface area contributed by atoms with E-state index in [0.717, 1.165) is 10.4 Å². The van der Waals surface area contributed by atoms with Crippen LogP contribution in [0.25, 0.3) is 0 Å². The van der Waals surface area contributed by atoms with Crippen molar-refractivity contribution in [1.82, 2.24) is 5.43 Å². The summed E-state index contributed by atoms with van der Waals surface area (Å²) in [6, 6.07) is 6.82. The highest BCUT2D eigenvalue weighted by Crippen LogP contribution is 2.36. The van der Waals surface area contributed by atoms with E-state index >= 15 is 0 Å². The van der Waals surface area contributed by atoms with Gasteiger partial charge in [0.05, 0.1) is 11.1 Å². The maximum atomic E-state index is 6.15. The van der Waals surface area contributed by atoms with Crippen molar-refractivity contribution in [2.75, 3.05) is 0 Å². The molecule has 1 aromatic heterocycles. The summed E-state index contributed by atoms with van der Waals surface area (Å²) in [5.74, 6) is 5.58. The standard InChI is InChI=1S/C11H9Cl3N2S/c12-6-1-2-8(13)7(5-6)10(16-15)11-9(14)3-4-17-11/h1-5,10,16H,15H2. The first-order valence-electron chi connectivity index (χ1n) is 4.77. The van der Waals surface area contributed by atoms with Crippen LogP contribution < -0.4 is 11.3 Å². The Morgan fingerprint density at radius 3 is 2.47 bits per heavy atom. The highest BCUT2D eigenvalue weighted by atomic mass is 35.5. The van der Waals surface area contributed by atoms with Gasteiger partial charge in [-0.3, -0.25) is 5.84 Å². The molecule has 0 saturated carbocycles. The number of hydrogen-bond donors (Lipinski definition) is 2. The van der Waals surface area contributed by atoms with Gasteiger partial charge < -0.3 is 0 Å². The van der Waals surface area contributed by atoms with E-state index in [-0.39, 0.29) is 6.04 Å². The highest BCUT2D eigenvalue weighted by Gasteiger charge is 2.19. The predicted octanol–water partition coefficient (Wildman–Crippen LogP) is 4.26. The first-order chi connectivity index (χ1) is 8.13. The second-order valence-corrected chi connectivity index (χ2v) is 5.60. The monoisotopic (exact) mass is 306 g/mol. The van der Waals surface area contributed by atoms with Crippen LogP contribution in [0.5, 0.6) is 0 Å². The second-order valence-electron chi connectivity index (χ2n) is 3.40. The molecule has 90 valence electrons. The average molecular weight is 308 g/mol. The number of nitrogens with two attached hydrogens (primary N) is 1. The summed E-state index contributed by atoms with van der Waals surface area (Å²) in [7, 11) is 0. The molecule has 1 unspecified atom stereocenters. The lowest BCUT2D eigenvalue weighted by Gasteiger charge is -2.17. The Morgan fingerprint density at radius 1 is 1.12 bits per heavy atom. The number of halogens is 3. The van der Waals surface area contributed by atoms with Gasteiger partial charge in [-0.05, 0) is 35.2 Å². The summed E-state index contributed by atoms with van der Waals surface area (Å²) >= 11 is 19.7. The van der Waals surface area contributed by atoms with Gasteiger partial charge in [0.25, 0.3) is 0 Å². The van der Waals surface area contributed by atoms with Crippen molar-refractivity contribution in [2.24, 2.45) is 5.84 Å². The molecule has 0 fully saturated rings. The van der Waals surface area contributed by atoms with Crippen LogP contribution in [0.4, 0.5) is 0 Å². The lowest BCUT2D eigenvalue weighted by Crippen LogP contribution is -2.28. The molecule has 1 heterocycles. The van der Waals surface area contributed by atoms with Gasteiger partial charge in [0.1, 0.15) is 0 Å². The van der Waals surface area contributed by atoms with Crippen LogP contribution in [0.2, 0.25) is 15.1 Å². The summed E-state index contributed by atoms with van der Waals surface area (Å²) in [5.41, 5.74) is 3.52. The molecule has 2 aromatic rings. The van der Waals surface area contributed by atoms with E-state index in [4.69, 9.17) is 40.6 Å². The lowest BCUT2D eigenvalue weighted by molar-refractivity contribution is 0.647. The van der Waals surface area contributed by atoms with Crippen LogP contribution in [0.15, 0.2) is 29.6 Å². The summed E-state index contributed by atoms with van der Waals surface area (Å²) in [6.45, 7) is 0.